The molecule has 2 heterocycles. The van der Waals surface area contributed by atoms with E-state index in [1.807, 2.05) is 38.2 Å². The number of aryl methyl sites for hydroxylation is 2. The van der Waals surface area contributed by atoms with Crippen LogP contribution in [-0.2, 0) is 0 Å². The SMILES string of the molecule is Cc1cnc(Nc2cccnc2C)c(Br)c1. The summed E-state index contributed by atoms with van der Waals surface area (Å²) in [7, 11) is 0. The Morgan fingerprint density at radius 1 is 1.25 bits per heavy atom. The highest BCUT2D eigenvalue weighted by molar-refractivity contribution is 9.10. The third-order valence-corrected chi connectivity index (χ3v) is 2.84. The molecule has 0 saturated carbocycles. The molecule has 2 aromatic heterocycles. The van der Waals surface area contributed by atoms with E-state index in [2.05, 4.69) is 31.2 Å². The van der Waals surface area contributed by atoms with Gasteiger partial charge in [-0.15, -0.1) is 0 Å². The predicted molar refractivity (Wildman–Crippen MR) is 68.9 cm³/mol. The number of aromatic nitrogens is 2. The van der Waals surface area contributed by atoms with Crippen molar-refractivity contribution >= 4 is 27.4 Å². The highest BCUT2D eigenvalue weighted by atomic mass is 79.9. The lowest BCUT2D eigenvalue weighted by molar-refractivity contribution is 1.18. The average Bonchev–Trinajstić information content (AvgIpc) is 2.25. The molecule has 0 saturated heterocycles. The quantitative estimate of drug-likeness (QED) is 0.912. The normalized spacial score (nSPS) is 10.2. The Balaban J connectivity index is 2.31. The summed E-state index contributed by atoms with van der Waals surface area (Å²) in [5, 5.41) is 3.25. The number of halogens is 1. The fraction of sp³-hybridized carbons (Fsp3) is 0.167. The van der Waals surface area contributed by atoms with Crippen LogP contribution in [0, 0.1) is 13.8 Å². The van der Waals surface area contributed by atoms with Crippen LogP contribution >= 0.6 is 15.9 Å². The van der Waals surface area contributed by atoms with Crippen molar-refractivity contribution in [3.8, 4) is 0 Å². The molecule has 0 fully saturated rings. The second-order valence-corrected chi connectivity index (χ2v) is 4.46. The van der Waals surface area contributed by atoms with E-state index in [0.717, 1.165) is 27.2 Å². The Morgan fingerprint density at radius 3 is 2.75 bits per heavy atom. The van der Waals surface area contributed by atoms with E-state index in [-0.39, 0.29) is 0 Å². The van der Waals surface area contributed by atoms with Crippen molar-refractivity contribution in [1.82, 2.24) is 9.97 Å². The molecular weight excluding hydrogens is 266 g/mol. The summed E-state index contributed by atoms with van der Waals surface area (Å²) in [6.07, 6.45) is 3.61. The molecule has 82 valence electrons. The zero-order chi connectivity index (χ0) is 11.5. The van der Waals surface area contributed by atoms with Crippen molar-refractivity contribution in [3.05, 3.63) is 46.3 Å². The van der Waals surface area contributed by atoms with Crippen molar-refractivity contribution in [2.45, 2.75) is 13.8 Å². The van der Waals surface area contributed by atoms with E-state index in [1.54, 1.807) is 6.20 Å². The molecule has 0 aliphatic carbocycles. The van der Waals surface area contributed by atoms with Gasteiger partial charge in [-0.05, 0) is 53.5 Å². The molecular formula is C12H12BrN3. The average molecular weight is 278 g/mol. The van der Waals surface area contributed by atoms with Crippen molar-refractivity contribution in [3.63, 3.8) is 0 Å². The van der Waals surface area contributed by atoms with Gasteiger partial charge < -0.3 is 5.32 Å². The maximum Gasteiger partial charge on any atom is 0.144 e. The van der Waals surface area contributed by atoms with E-state index in [4.69, 9.17) is 0 Å². The van der Waals surface area contributed by atoms with Crippen LogP contribution in [0.4, 0.5) is 11.5 Å². The zero-order valence-electron chi connectivity index (χ0n) is 9.16. The third-order valence-electron chi connectivity index (χ3n) is 2.24. The Hall–Kier alpha value is -1.42. The van der Waals surface area contributed by atoms with Crippen LogP contribution in [0.1, 0.15) is 11.3 Å². The molecule has 2 rings (SSSR count). The number of rotatable bonds is 2. The van der Waals surface area contributed by atoms with Gasteiger partial charge in [0, 0.05) is 12.4 Å². The Morgan fingerprint density at radius 2 is 2.06 bits per heavy atom. The van der Waals surface area contributed by atoms with Gasteiger partial charge in [-0.25, -0.2) is 4.98 Å². The predicted octanol–water partition coefficient (Wildman–Crippen LogP) is 3.60. The van der Waals surface area contributed by atoms with Crippen molar-refractivity contribution in [2.75, 3.05) is 5.32 Å². The van der Waals surface area contributed by atoms with Crippen LogP contribution in [0.25, 0.3) is 0 Å². The van der Waals surface area contributed by atoms with E-state index in [0.29, 0.717) is 0 Å². The van der Waals surface area contributed by atoms with Crippen LogP contribution in [0.3, 0.4) is 0 Å². The molecule has 0 atom stereocenters. The molecule has 2 aromatic rings. The van der Waals surface area contributed by atoms with E-state index < -0.39 is 0 Å². The van der Waals surface area contributed by atoms with E-state index >= 15 is 0 Å². The zero-order valence-corrected chi connectivity index (χ0v) is 10.7. The Kier molecular flexibility index (Phi) is 3.19. The summed E-state index contributed by atoms with van der Waals surface area (Å²) < 4.78 is 0.954. The fourth-order valence-corrected chi connectivity index (χ4v) is 1.93. The standard InChI is InChI=1S/C12H12BrN3/c1-8-6-10(13)12(15-7-8)16-11-4-3-5-14-9(11)2/h3-7H,1-2H3,(H,15,16). The molecule has 1 N–H and O–H groups in total. The number of anilines is 2. The number of nitrogens with one attached hydrogen (secondary N) is 1. The highest BCUT2D eigenvalue weighted by Crippen LogP contribution is 2.25. The van der Waals surface area contributed by atoms with Crippen LogP contribution in [-0.4, -0.2) is 9.97 Å². The molecule has 0 aliphatic heterocycles. The van der Waals surface area contributed by atoms with Gasteiger partial charge in [0.25, 0.3) is 0 Å². The lowest BCUT2D eigenvalue weighted by Crippen LogP contribution is -1.98. The van der Waals surface area contributed by atoms with Gasteiger partial charge in [0.1, 0.15) is 5.82 Å². The Bertz CT molecular complexity index is 511. The molecule has 0 amide bonds. The molecule has 16 heavy (non-hydrogen) atoms. The third kappa shape index (κ3) is 2.39. The minimum atomic E-state index is 0.807. The fourth-order valence-electron chi connectivity index (χ4n) is 1.37. The number of nitrogens with zero attached hydrogens (tertiary/aromatic N) is 2. The molecule has 3 nitrogen and oxygen atoms in total. The molecule has 4 heteroatoms. The highest BCUT2D eigenvalue weighted by Gasteiger charge is 2.04. The summed E-state index contributed by atoms with van der Waals surface area (Å²) >= 11 is 3.48. The maximum atomic E-state index is 4.33. The van der Waals surface area contributed by atoms with Crippen molar-refractivity contribution in [2.24, 2.45) is 0 Å². The molecule has 0 spiro atoms. The van der Waals surface area contributed by atoms with Gasteiger partial charge >= 0.3 is 0 Å². The van der Waals surface area contributed by atoms with Gasteiger partial charge in [-0.2, -0.15) is 0 Å². The summed E-state index contributed by atoms with van der Waals surface area (Å²) in [6.45, 7) is 3.97. The van der Waals surface area contributed by atoms with Gasteiger partial charge in [0.05, 0.1) is 15.9 Å². The van der Waals surface area contributed by atoms with Crippen LogP contribution in [0.15, 0.2) is 35.1 Å². The van der Waals surface area contributed by atoms with Gasteiger partial charge in [0.2, 0.25) is 0 Å². The van der Waals surface area contributed by atoms with Crippen LogP contribution < -0.4 is 5.32 Å². The Labute approximate surface area is 103 Å². The summed E-state index contributed by atoms with van der Waals surface area (Å²) in [4.78, 5) is 8.55. The second kappa shape index (κ2) is 4.61. The monoisotopic (exact) mass is 277 g/mol. The smallest absolute Gasteiger partial charge is 0.144 e. The summed E-state index contributed by atoms with van der Waals surface area (Å²) in [5.74, 6) is 0.807. The first-order valence-corrected chi connectivity index (χ1v) is 5.77. The molecule has 0 bridgehead atoms. The minimum absolute atomic E-state index is 0.807. The molecule has 0 unspecified atom stereocenters. The van der Waals surface area contributed by atoms with Gasteiger partial charge in [0.15, 0.2) is 0 Å². The van der Waals surface area contributed by atoms with Gasteiger partial charge in [-0.3, -0.25) is 4.98 Å². The summed E-state index contributed by atoms with van der Waals surface area (Å²) in [5.41, 5.74) is 3.05. The van der Waals surface area contributed by atoms with E-state index in [9.17, 15) is 0 Å². The summed E-state index contributed by atoms with van der Waals surface area (Å²) in [6, 6.07) is 5.91. The van der Waals surface area contributed by atoms with Crippen LogP contribution in [0.2, 0.25) is 0 Å². The topological polar surface area (TPSA) is 37.8 Å². The first-order chi connectivity index (χ1) is 7.66. The minimum Gasteiger partial charge on any atom is -0.338 e. The van der Waals surface area contributed by atoms with Gasteiger partial charge in [-0.1, -0.05) is 0 Å². The number of hydrogen-bond acceptors (Lipinski definition) is 3. The van der Waals surface area contributed by atoms with Crippen LogP contribution in [0.5, 0.6) is 0 Å². The maximum absolute atomic E-state index is 4.33. The molecule has 0 radical (unpaired) electrons. The van der Waals surface area contributed by atoms with E-state index in [1.165, 1.54) is 0 Å². The first kappa shape index (κ1) is 11.1. The molecule has 0 aromatic carbocycles. The first-order valence-electron chi connectivity index (χ1n) is 4.97. The lowest BCUT2D eigenvalue weighted by Gasteiger charge is -2.09. The second-order valence-electron chi connectivity index (χ2n) is 3.60. The lowest BCUT2D eigenvalue weighted by atomic mass is 10.3. The van der Waals surface area contributed by atoms with Crippen molar-refractivity contribution in [1.29, 1.82) is 0 Å². The largest absolute Gasteiger partial charge is 0.338 e. The number of pyridine rings is 2. The molecule has 0 aliphatic rings. The van der Waals surface area contributed by atoms with Crippen molar-refractivity contribution < 1.29 is 0 Å². The number of hydrogen-bond donors (Lipinski definition) is 1.